The number of amides is 1. The number of aromatic nitrogens is 4. The number of likely N-dealkylation sites (tertiary alicyclic amines) is 1. The van der Waals surface area contributed by atoms with Crippen LogP contribution >= 0.6 is 0 Å². The van der Waals surface area contributed by atoms with Gasteiger partial charge in [-0.25, -0.2) is 18.3 Å². The van der Waals surface area contributed by atoms with Crippen molar-refractivity contribution in [2.75, 3.05) is 13.1 Å². The number of benzene rings is 1. The molecule has 174 valence electrons. The predicted molar refractivity (Wildman–Crippen MR) is 109 cm³/mol. The normalized spacial score (nSPS) is 19.0. The van der Waals surface area contributed by atoms with Gasteiger partial charge in [0, 0.05) is 24.6 Å². The van der Waals surface area contributed by atoms with E-state index in [2.05, 4.69) is 19.8 Å². The summed E-state index contributed by atoms with van der Waals surface area (Å²) in [6.07, 6.45) is 1.71. The van der Waals surface area contributed by atoms with Crippen molar-refractivity contribution in [2.45, 2.75) is 50.6 Å². The van der Waals surface area contributed by atoms with E-state index in [4.69, 9.17) is 0 Å². The molecule has 5 rings (SSSR count). The number of carbonyl (C=O) groups excluding carboxylic acids is 1. The van der Waals surface area contributed by atoms with Crippen molar-refractivity contribution in [3.63, 3.8) is 0 Å². The van der Waals surface area contributed by atoms with Gasteiger partial charge in [0.05, 0.1) is 5.69 Å². The van der Waals surface area contributed by atoms with E-state index in [1.54, 1.807) is 17.0 Å². The van der Waals surface area contributed by atoms with Gasteiger partial charge in [0.25, 0.3) is 18.1 Å². The van der Waals surface area contributed by atoms with Crippen LogP contribution in [0.1, 0.15) is 71.3 Å². The Kier molecular flexibility index (Phi) is 5.63. The van der Waals surface area contributed by atoms with E-state index in [1.165, 1.54) is 23.0 Å². The molecular weight excluding hydrogens is 442 g/mol. The summed E-state index contributed by atoms with van der Waals surface area (Å²) in [7, 11) is 0. The highest BCUT2D eigenvalue weighted by atomic mass is 19.3. The van der Waals surface area contributed by atoms with Crippen molar-refractivity contribution in [2.24, 2.45) is 0 Å². The topological polar surface area (TPSA) is 72.6 Å². The van der Waals surface area contributed by atoms with Gasteiger partial charge in [0.1, 0.15) is 17.8 Å². The van der Waals surface area contributed by atoms with Crippen molar-refractivity contribution >= 4 is 11.7 Å². The van der Waals surface area contributed by atoms with Crippen molar-refractivity contribution in [3.8, 4) is 5.75 Å². The molecule has 0 spiro atoms. The van der Waals surface area contributed by atoms with Gasteiger partial charge in [0.2, 0.25) is 0 Å². The maximum absolute atomic E-state index is 13.4. The van der Waals surface area contributed by atoms with Gasteiger partial charge in [-0.15, -0.1) is 0 Å². The maximum Gasteiger partial charge on any atom is 0.387 e. The molecule has 1 aromatic carbocycles. The molecule has 3 heterocycles. The lowest BCUT2D eigenvalue weighted by molar-refractivity contribution is -0.0499. The molecule has 1 amide bonds. The number of alkyl halides is 4. The largest absolute Gasteiger partial charge is 0.435 e. The zero-order valence-electron chi connectivity index (χ0n) is 17.5. The quantitative estimate of drug-likeness (QED) is 0.501. The standard InChI is InChI=1S/C22H21F4N5O2/c23-19(24)17-9-18(31-22(29-17)27-11-28-31)13-2-1-5-30(10-13)20(32)15-6-14(12-3-4-12)7-16(8-15)33-21(25)26/h6-9,11-13,19,21H,1-5,10H2/t13-/m0/s1. The molecule has 0 bridgehead atoms. The van der Waals surface area contributed by atoms with Gasteiger partial charge in [-0.05, 0) is 61.4 Å². The van der Waals surface area contributed by atoms with Crippen LogP contribution in [-0.4, -0.2) is 50.1 Å². The molecule has 0 unspecified atom stereocenters. The van der Waals surface area contributed by atoms with Crippen LogP contribution in [0.3, 0.4) is 0 Å². The monoisotopic (exact) mass is 463 g/mol. The molecule has 2 aromatic heterocycles. The number of halogens is 4. The Bertz CT molecular complexity index is 1180. The lowest BCUT2D eigenvalue weighted by Gasteiger charge is -2.33. The number of ether oxygens (including phenoxy) is 1. The van der Waals surface area contributed by atoms with Gasteiger partial charge in [-0.2, -0.15) is 18.9 Å². The lowest BCUT2D eigenvalue weighted by Crippen LogP contribution is -2.39. The predicted octanol–water partition coefficient (Wildman–Crippen LogP) is 4.56. The Morgan fingerprint density at radius 2 is 1.88 bits per heavy atom. The zero-order chi connectivity index (χ0) is 23.1. The highest BCUT2D eigenvalue weighted by Gasteiger charge is 2.31. The number of carbonyl (C=O) groups is 1. The fraction of sp³-hybridized carbons (Fsp3) is 0.455. The Hall–Kier alpha value is -3.24. The van der Waals surface area contributed by atoms with Crippen molar-refractivity contribution in [1.29, 1.82) is 0 Å². The third-order valence-electron chi connectivity index (χ3n) is 6.10. The van der Waals surface area contributed by atoms with Crippen LogP contribution in [0.5, 0.6) is 5.75 Å². The van der Waals surface area contributed by atoms with Gasteiger partial charge >= 0.3 is 6.61 Å². The summed E-state index contributed by atoms with van der Waals surface area (Å²) in [5.74, 6) is -0.268. The van der Waals surface area contributed by atoms with Crippen LogP contribution in [0.2, 0.25) is 0 Å². The van der Waals surface area contributed by atoms with E-state index >= 15 is 0 Å². The fourth-order valence-corrected chi connectivity index (χ4v) is 4.41. The third-order valence-corrected chi connectivity index (χ3v) is 6.10. The van der Waals surface area contributed by atoms with E-state index in [9.17, 15) is 22.4 Å². The van der Waals surface area contributed by atoms with Crippen LogP contribution in [0, 0.1) is 0 Å². The summed E-state index contributed by atoms with van der Waals surface area (Å²) in [5.41, 5.74) is 1.22. The van der Waals surface area contributed by atoms with Crippen LogP contribution < -0.4 is 4.74 Å². The Labute approximate surface area is 186 Å². The number of fused-ring (bicyclic) bond motifs is 1. The molecule has 7 nitrogen and oxygen atoms in total. The molecule has 1 saturated carbocycles. The van der Waals surface area contributed by atoms with Crippen LogP contribution in [0.25, 0.3) is 5.78 Å². The van der Waals surface area contributed by atoms with Gasteiger partial charge < -0.3 is 9.64 Å². The molecule has 33 heavy (non-hydrogen) atoms. The molecule has 1 aliphatic heterocycles. The van der Waals surface area contributed by atoms with Gasteiger partial charge in [-0.1, -0.05) is 0 Å². The zero-order valence-corrected chi connectivity index (χ0v) is 17.5. The molecule has 11 heteroatoms. The van der Waals surface area contributed by atoms with E-state index in [0.717, 1.165) is 18.4 Å². The molecule has 2 fully saturated rings. The van der Waals surface area contributed by atoms with Gasteiger partial charge in [0.15, 0.2) is 0 Å². The number of hydrogen-bond acceptors (Lipinski definition) is 5. The highest BCUT2D eigenvalue weighted by molar-refractivity contribution is 5.95. The first-order chi connectivity index (χ1) is 15.9. The fourth-order valence-electron chi connectivity index (χ4n) is 4.41. The van der Waals surface area contributed by atoms with E-state index in [-0.39, 0.29) is 47.1 Å². The van der Waals surface area contributed by atoms with E-state index in [1.807, 2.05) is 0 Å². The SMILES string of the molecule is O=C(c1cc(OC(F)F)cc(C2CC2)c1)N1CCC[C@H](c2cc(C(F)F)nc3ncnn23)C1. The molecular formula is C22H21F4N5O2. The Balaban J connectivity index is 1.43. The molecule has 0 N–H and O–H groups in total. The number of nitrogens with zero attached hydrogens (tertiary/aromatic N) is 5. The summed E-state index contributed by atoms with van der Waals surface area (Å²) in [5, 5.41) is 4.11. The molecule has 1 saturated heterocycles. The number of hydrogen-bond donors (Lipinski definition) is 0. The first kappa shape index (κ1) is 21.6. The van der Waals surface area contributed by atoms with Crippen LogP contribution in [-0.2, 0) is 0 Å². The Morgan fingerprint density at radius 1 is 1.06 bits per heavy atom. The average Bonchev–Trinajstić information content (AvgIpc) is 3.54. The van der Waals surface area contributed by atoms with Crippen molar-refractivity contribution in [3.05, 3.63) is 53.1 Å². The average molecular weight is 463 g/mol. The second kappa shape index (κ2) is 8.60. The number of rotatable bonds is 6. The minimum atomic E-state index is -2.98. The summed E-state index contributed by atoms with van der Waals surface area (Å²) >= 11 is 0. The first-order valence-electron chi connectivity index (χ1n) is 10.8. The van der Waals surface area contributed by atoms with Crippen molar-refractivity contribution in [1.82, 2.24) is 24.5 Å². The van der Waals surface area contributed by atoms with Crippen LogP contribution in [0.4, 0.5) is 17.6 Å². The lowest BCUT2D eigenvalue weighted by atomic mass is 9.93. The van der Waals surface area contributed by atoms with E-state index < -0.39 is 13.0 Å². The summed E-state index contributed by atoms with van der Waals surface area (Å²) < 4.78 is 58.3. The molecule has 3 aromatic rings. The maximum atomic E-state index is 13.4. The highest BCUT2D eigenvalue weighted by Crippen LogP contribution is 2.42. The summed E-state index contributed by atoms with van der Waals surface area (Å²) in [6.45, 7) is -2.23. The molecule has 1 atom stereocenters. The number of piperidine rings is 1. The molecule has 2 aliphatic rings. The van der Waals surface area contributed by atoms with Crippen molar-refractivity contribution < 1.29 is 27.1 Å². The summed E-state index contributed by atoms with van der Waals surface area (Å²) in [6, 6.07) is 5.94. The molecule has 0 radical (unpaired) electrons. The minimum Gasteiger partial charge on any atom is -0.435 e. The first-order valence-corrected chi connectivity index (χ1v) is 10.8. The third kappa shape index (κ3) is 4.49. The van der Waals surface area contributed by atoms with E-state index in [0.29, 0.717) is 25.1 Å². The Morgan fingerprint density at radius 3 is 2.61 bits per heavy atom. The smallest absolute Gasteiger partial charge is 0.387 e. The molecule has 1 aliphatic carbocycles. The van der Waals surface area contributed by atoms with Gasteiger partial charge in [-0.3, -0.25) is 4.79 Å². The summed E-state index contributed by atoms with van der Waals surface area (Å²) in [4.78, 5) is 22.7. The van der Waals surface area contributed by atoms with Crippen LogP contribution in [0.15, 0.2) is 30.6 Å². The second-order valence-corrected chi connectivity index (χ2v) is 8.41. The minimum absolute atomic E-state index is 0.0358. The second-order valence-electron chi connectivity index (χ2n) is 8.41.